The van der Waals surface area contributed by atoms with Crippen LogP contribution in [0.2, 0.25) is 0 Å². The summed E-state index contributed by atoms with van der Waals surface area (Å²) >= 11 is 0. The molecule has 1 atom stereocenters. The Kier molecular flexibility index (Phi) is 4.52. The Morgan fingerprint density at radius 3 is 2.37 bits per heavy atom. The SMILES string of the molecule is COC(=O)C(OC(C)(C)C)c1cc(C)cc(=O)n1C. The van der Waals surface area contributed by atoms with Crippen molar-refractivity contribution in [3.63, 3.8) is 0 Å². The summed E-state index contributed by atoms with van der Waals surface area (Å²) in [6, 6.07) is 3.27. The molecule has 0 spiro atoms. The van der Waals surface area contributed by atoms with Gasteiger partial charge in [0.05, 0.1) is 18.4 Å². The first-order valence-electron chi connectivity index (χ1n) is 6.09. The van der Waals surface area contributed by atoms with Crippen LogP contribution in [0.5, 0.6) is 0 Å². The fraction of sp³-hybridized carbons (Fsp3) is 0.571. The molecular weight excluding hydrogens is 246 g/mol. The Balaban J connectivity index is 3.33. The van der Waals surface area contributed by atoms with Crippen LogP contribution in [0.15, 0.2) is 16.9 Å². The molecule has 1 rings (SSSR count). The van der Waals surface area contributed by atoms with Crippen molar-refractivity contribution in [2.75, 3.05) is 7.11 Å². The summed E-state index contributed by atoms with van der Waals surface area (Å²) in [7, 11) is 2.91. The Morgan fingerprint density at radius 2 is 1.89 bits per heavy atom. The Hall–Kier alpha value is -1.62. The summed E-state index contributed by atoms with van der Waals surface area (Å²) in [6.07, 6.45) is -0.914. The maximum atomic E-state index is 11.9. The Morgan fingerprint density at radius 1 is 1.32 bits per heavy atom. The highest BCUT2D eigenvalue weighted by molar-refractivity contribution is 5.76. The number of rotatable bonds is 3. The number of aromatic nitrogens is 1. The smallest absolute Gasteiger partial charge is 0.341 e. The lowest BCUT2D eigenvalue weighted by Crippen LogP contribution is -2.32. The van der Waals surface area contributed by atoms with Gasteiger partial charge in [-0.15, -0.1) is 0 Å². The second kappa shape index (κ2) is 5.57. The van der Waals surface area contributed by atoms with Gasteiger partial charge in [-0.1, -0.05) is 0 Å². The molecule has 0 saturated carbocycles. The average molecular weight is 267 g/mol. The molecule has 19 heavy (non-hydrogen) atoms. The van der Waals surface area contributed by atoms with Gasteiger partial charge in [-0.25, -0.2) is 4.79 Å². The number of esters is 1. The highest BCUT2D eigenvalue weighted by Gasteiger charge is 2.30. The van der Waals surface area contributed by atoms with Gasteiger partial charge in [-0.3, -0.25) is 4.79 Å². The van der Waals surface area contributed by atoms with Crippen LogP contribution in [0.4, 0.5) is 0 Å². The number of carbonyl (C=O) groups excluding carboxylic acids is 1. The average Bonchev–Trinajstić information content (AvgIpc) is 2.28. The van der Waals surface area contributed by atoms with Crippen LogP contribution in [0.1, 0.15) is 38.1 Å². The summed E-state index contributed by atoms with van der Waals surface area (Å²) in [6.45, 7) is 7.33. The molecule has 0 fully saturated rings. The van der Waals surface area contributed by atoms with E-state index in [9.17, 15) is 9.59 Å². The van der Waals surface area contributed by atoms with E-state index in [1.165, 1.54) is 17.7 Å². The van der Waals surface area contributed by atoms with Gasteiger partial charge in [0.15, 0.2) is 6.10 Å². The third-order valence-corrected chi connectivity index (χ3v) is 2.60. The van der Waals surface area contributed by atoms with E-state index in [0.29, 0.717) is 5.69 Å². The number of carbonyl (C=O) groups is 1. The summed E-state index contributed by atoms with van der Waals surface area (Å²) in [4.78, 5) is 23.7. The summed E-state index contributed by atoms with van der Waals surface area (Å²) < 4.78 is 11.9. The molecule has 1 unspecified atom stereocenters. The number of ether oxygens (including phenoxy) is 2. The van der Waals surface area contributed by atoms with Crippen molar-refractivity contribution < 1.29 is 14.3 Å². The number of hydrogen-bond donors (Lipinski definition) is 0. The van der Waals surface area contributed by atoms with Crippen molar-refractivity contribution in [1.82, 2.24) is 4.57 Å². The first kappa shape index (κ1) is 15.4. The van der Waals surface area contributed by atoms with Gasteiger partial charge in [-0.05, 0) is 39.3 Å². The molecule has 0 amide bonds. The number of pyridine rings is 1. The molecule has 0 aromatic carbocycles. The van der Waals surface area contributed by atoms with Crippen LogP contribution < -0.4 is 5.56 Å². The highest BCUT2D eigenvalue weighted by atomic mass is 16.6. The minimum Gasteiger partial charge on any atom is -0.467 e. The van der Waals surface area contributed by atoms with Gasteiger partial charge in [-0.2, -0.15) is 0 Å². The fourth-order valence-corrected chi connectivity index (χ4v) is 1.73. The van der Waals surface area contributed by atoms with Crippen molar-refractivity contribution in [1.29, 1.82) is 0 Å². The zero-order chi connectivity index (χ0) is 14.8. The molecule has 0 saturated heterocycles. The topological polar surface area (TPSA) is 57.5 Å². The van der Waals surface area contributed by atoms with E-state index in [1.54, 1.807) is 20.0 Å². The standard InChI is InChI=1S/C14H21NO4/c1-9-7-10(15(5)11(16)8-9)12(13(17)18-6)19-14(2,3)4/h7-8,12H,1-6H3. The molecule has 1 aromatic heterocycles. The lowest BCUT2D eigenvalue weighted by atomic mass is 10.1. The largest absolute Gasteiger partial charge is 0.467 e. The van der Waals surface area contributed by atoms with Crippen molar-refractivity contribution in [2.45, 2.75) is 39.4 Å². The number of nitrogens with zero attached hydrogens (tertiary/aromatic N) is 1. The van der Waals surface area contributed by atoms with Crippen molar-refractivity contribution >= 4 is 5.97 Å². The summed E-state index contributed by atoms with van der Waals surface area (Å²) in [5, 5.41) is 0. The monoisotopic (exact) mass is 267 g/mol. The summed E-state index contributed by atoms with van der Waals surface area (Å²) in [5.74, 6) is -0.518. The predicted molar refractivity (Wildman–Crippen MR) is 72.0 cm³/mol. The van der Waals surface area contributed by atoms with Crippen LogP contribution in [0.3, 0.4) is 0 Å². The van der Waals surface area contributed by atoms with E-state index in [-0.39, 0.29) is 5.56 Å². The maximum absolute atomic E-state index is 11.9. The van der Waals surface area contributed by atoms with Gasteiger partial charge >= 0.3 is 5.97 Å². The molecule has 0 aliphatic carbocycles. The number of aryl methyl sites for hydroxylation is 1. The summed E-state index contributed by atoms with van der Waals surface area (Å²) in [5.41, 5.74) is 0.566. The molecular formula is C14H21NO4. The molecule has 5 nitrogen and oxygen atoms in total. The highest BCUT2D eigenvalue weighted by Crippen LogP contribution is 2.24. The van der Waals surface area contributed by atoms with Gasteiger partial charge in [0.1, 0.15) is 0 Å². The minimum atomic E-state index is -0.914. The molecule has 1 heterocycles. The van der Waals surface area contributed by atoms with E-state index in [2.05, 4.69) is 0 Å². The van der Waals surface area contributed by atoms with Crippen LogP contribution in [0.25, 0.3) is 0 Å². The number of methoxy groups -OCH3 is 1. The van der Waals surface area contributed by atoms with E-state index in [0.717, 1.165) is 5.56 Å². The number of hydrogen-bond acceptors (Lipinski definition) is 4. The van der Waals surface area contributed by atoms with E-state index < -0.39 is 17.7 Å². The third-order valence-electron chi connectivity index (χ3n) is 2.60. The maximum Gasteiger partial charge on any atom is 0.341 e. The molecule has 106 valence electrons. The first-order chi connectivity index (χ1) is 8.65. The Bertz CT molecular complexity index is 525. The zero-order valence-corrected chi connectivity index (χ0v) is 12.3. The molecule has 1 aromatic rings. The molecule has 0 bridgehead atoms. The quantitative estimate of drug-likeness (QED) is 0.782. The van der Waals surface area contributed by atoms with Crippen LogP contribution in [-0.4, -0.2) is 23.2 Å². The normalized spacial score (nSPS) is 13.2. The van der Waals surface area contributed by atoms with Crippen molar-refractivity contribution in [2.24, 2.45) is 7.05 Å². The van der Waals surface area contributed by atoms with Gasteiger partial charge in [0.25, 0.3) is 5.56 Å². The second-order valence-corrected chi connectivity index (χ2v) is 5.49. The molecule has 0 radical (unpaired) electrons. The Labute approximate surface area is 113 Å². The van der Waals surface area contributed by atoms with Gasteiger partial charge < -0.3 is 14.0 Å². The fourth-order valence-electron chi connectivity index (χ4n) is 1.73. The molecule has 0 aliphatic rings. The van der Waals surface area contributed by atoms with Crippen LogP contribution in [0, 0.1) is 6.92 Å². The molecule has 0 aliphatic heterocycles. The predicted octanol–water partition coefficient (Wildman–Crippen LogP) is 1.72. The van der Waals surface area contributed by atoms with Crippen molar-refractivity contribution in [3.05, 3.63) is 33.7 Å². The second-order valence-electron chi connectivity index (χ2n) is 5.49. The lowest BCUT2D eigenvalue weighted by Gasteiger charge is -2.27. The van der Waals surface area contributed by atoms with E-state index in [1.807, 2.05) is 20.8 Å². The van der Waals surface area contributed by atoms with Crippen LogP contribution >= 0.6 is 0 Å². The molecule has 0 N–H and O–H groups in total. The van der Waals surface area contributed by atoms with E-state index >= 15 is 0 Å². The first-order valence-corrected chi connectivity index (χ1v) is 6.09. The van der Waals surface area contributed by atoms with Crippen molar-refractivity contribution in [3.8, 4) is 0 Å². The van der Waals surface area contributed by atoms with E-state index in [4.69, 9.17) is 9.47 Å². The van der Waals surface area contributed by atoms with Gasteiger partial charge in [0.2, 0.25) is 0 Å². The molecule has 5 heteroatoms. The van der Waals surface area contributed by atoms with Gasteiger partial charge in [0, 0.05) is 13.1 Å². The zero-order valence-electron chi connectivity index (χ0n) is 12.3. The van der Waals surface area contributed by atoms with Crippen LogP contribution in [-0.2, 0) is 21.3 Å². The third kappa shape index (κ3) is 3.92. The lowest BCUT2D eigenvalue weighted by molar-refractivity contribution is -0.165. The minimum absolute atomic E-state index is 0.179.